The van der Waals surface area contributed by atoms with E-state index in [1.54, 1.807) is 24.3 Å². The summed E-state index contributed by atoms with van der Waals surface area (Å²) in [6.45, 7) is 0. The van der Waals surface area contributed by atoms with Gasteiger partial charge in [0, 0.05) is 9.65 Å². The standard InChI is InChI=1S/C17H15Br2NO4/c1-24-17(23)7-4-2-3-5-10(7)20-15(21)11-8-6-9(12(11)16(20)22)14(19)13(8)18/h2-5,8-9,11-14H,6H2,1H3/t8-,9+,11+,12-,13+,14-. The fourth-order valence-corrected chi connectivity index (χ4v) is 6.41. The molecule has 2 saturated carbocycles. The molecule has 1 heterocycles. The molecule has 1 aromatic rings. The summed E-state index contributed by atoms with van der Waals surface area (Å²) in [5, 5.41) is 0. The van der Waals surface area contributed by atoms with Crippen molar-refractivity contribution in [3.05, 3.63) is 29.8 Å². The van der Waals surface area contributed by atoms with Crippen LogP contribution in [0.4, 0.5) is 5.69 Å². The Morgan fingerprint density at radius 3 is 2.17 bits per heavy atom. The van der Waals surface area contributed by atoms with Crippen molar-refractivity contribution >= 4 is 55.3 Å². The molecule has 3 fully saturated rings. The average molecular weight is 457 g/mol. The quantitative estimate of drug-likeness (QED) is 0.390. The van der Waals surface area contributed by atoms with Crippen LogP contribution in [0.2, 0.25) is 0 Å². The van der Waals surface area contributed by atoms with Crippen molar-refractivity contribution in [3.63, 3.8) is 0 Å². The molecule has 2 bridgehead atoms. The molecule has 2 aliphatic carbocycles. The molecule has 7 heteroatoms. The number of fused-ring (bicyclic) bond motifs is 5. The Kier molecular flexibility index (Phi) is 3.84. The molecular formula is C17H15Br2NO4. The molecule has 24 heavy (non-hydrogen) atoms. The lowest BCUT2D eigenvalue weighted by Gasteiger charge is -2.28. The Morgan fingerprint density at radius 1 is 1.08 bits per heavy atom. The summed E-state index contributed by atoms with van der Waals surface area (Å²) < 4.78 is 4.79. The molecule has 0 N–H and O–H groups in total. The monoisotopic (exact) mass is 455 g/mol. The van der Waals surface area contributed by atoms with Gasteiger partial charge in [-0.15, -0.1) is 0 Å². The van der Waals surface area contributed by atoms with E-state index >= 15 is 0 Å². The predicted molar refractivity (Wildman–Crippen MR) is 94.3 cm³/mol. The van der Waals surface area contributed by atoms with Gasteiger partial charge in [-0.1, -0.05) is 44.0 Å². The van der Waals surface area contributed by atoms with Gasteiger partial charge in [0.25, 0.3) is 0 Å². The first-order valence-electron chi connectivity index (χ1n) is 7.80. The number of imide groups is 1. The number of rotatable bonds is 2. The highest BCUT2D eigenvalue weighted by molar-refractivity contribution is 9.12. The van der Waals surface area contributed by atoms with Crippen LogP contribution in [0.3, 0.4) is 0 Å². The fourth-order valence-electron chi connectivity index (χ4n) is 4.54. The summed E-state index contributed by atoms with van der Waals surface area (Å²) in [6.07, 6.45) is 0.880. The fraction of sp³-hybridized carbons (Fsp3) is 0.471. The summed E-state index contributed by atoms with van der Waals surface area (Å²) in [6, 6.07) is 6.60. The van der Waals surface area contributed by atoms with Crippen molar-refractivity contribution in [3.8, 4) is 0 Å². The van der Waals surface area contributed by atoms with Gasteiger partial charge in [-0.3, -0.25) is 9.59 Å². The smallest absolute Gasteiger partial charge is 0.339 e. The summed E-state index contributed by atoms with van der Waals surface area (Å²) in [4.78, 5) is 39.6. The van der Waals surface area contributed by atoms with Gasteiger partial charge in [0.15, 0.2) is 0 Å². The molecule has 0 spiro atoms. The molecule has 1 aliphatic heterocycles. The second-order valence-electron chi connectivity index (χ2n) is 6.52. The molecular weight excluding hydrogens is 442 g/mol. The minimum Gasteiger partial charge on any atom is -0.465 e. The zero-order chi connectivity index (χ0) is 17.2. The average Bonchev–Trinajstić information content (AvgIpc) is 3.19. The first-order chi connectivity index (χ1) is 11.5. The Labute approximate surface area is 156 Å². The van der Waals surface area contributed by atoms with Crippen LogP contribution < -0.4 is 4.90 Å². The van der Waals surface area contributed by atoms with Crippen LogP contribution in [0.15, 0.2) is 24.3 Å². The van der Waals surface area contributed by atoms with E-state index in [1.165, 1.54) is 12.0 Å². The van der Waals surface area contributed by atoms with Crippen LogP contribution in [0, 0.1) is 23.7 Å². The maximum atomic E-state index is 13.0. The van der Waals surface area contributed by atoms with Crippen molar-refractivity contribution in [1.82, 2.24) is 0 Å². The highest BCUT2D eigenvalue weighted by Gasteiger charge is 2.66. The number of ether oxygens (including phenoxy) is 1. The number of esters is 1. The topological polar surface area (TPSA) is 63.7 Å². The number of hydrogen-bond acceptors (Lipinski definition) is 4. The molecule has 0 radical (unpaired) electrons. The lowest BCUT2D eigenvalue weighted by Crippen LogP contribution is -2.37. The number of hydrogen-bond donors (Lipinski definition) is 0. The van der Waals surface area contributed by atoms with E-state index in [0.29, 0.717) is 5.69 Å². The number of methoxy groups -OCH3 is 1. The van der Waals surface area contributed by atoms with E-state index in [1.807, 2.05) is 0 Å². The summed E-state index contributed by atoms with van der Waals surface area (Å²) in [5.74, 6) is -1.25. The van der Waals surface area contributed by atoms with Gasteiger partial charge in [-0.25, -0.2) is 9.69 Å². The Hall–Kier alpha value is -1.21. The van der Waals surface area contributed by atoms with Crippen molar-refractivity contribution in [2.24, 2.45) is 23.7 Å². The molecule has 4 rings (SSSR count). The Morgan fingerprint density at radius 2 is 1.62 bits per heavy atom. The van der Waals surface area contributed by atoms with Crippen LogP contribution in [0.1, 0.15) is 16.8 Å². The zero-order valence-electron chi connectivity index (χ0n) is 12.8. The largest absolute Gasteiger partial charge is 0.465 e. The van der Waals surface area contributed by atoms with Gasteiger partial charge in [0.05, 0.1) is 30.2 Å². The number of halogens is 2. The summed E-state index contributed by atoms with van der Waals surface area (Å²) in [5.41, 5.74) is 0.560. The van der Waals surface area contributed by atoms with E-state index in [2.05, 4.69) is 31.9 Å². The number of amides is 2. The predicted octanol–water partition coefficient (Wildman–Crippen LogP) is 2.76. The van der Waals surface area contributed by atoms with Crippen molar-refractivity contribution < 1.29 is 19.1 Å². The number of para-hydroxylation sites is 1. The molecule has 2 amide bonds. The number of benzene rings is 1. The molecule has 3 aliphatic rings. The van der Waals surface area contributed by atoms with Crippen molar-refractivity contribution in [2.45, 2.75) is 16.1 Å². The van der Waals surface area contributed by atoms with Crippen LogP contribution in [0.25, 0.3) is 0 Å². The molecule has 5 nitrogen and oxygen atoms in total. The van der Waals surface area contributed by atoms with E-state index in [0.717, 1.165) is 6.42 Å². The Balaban J connectivity index is 1.76. The van der Waals surface area contributed by atoms with E-state index < -0.39 is 5.97 Å². The maximum absolute atomic E-state index is 13.0. The lowest BCUT2D eigenvalue weighted by molar-refractivity contribution is -0.123. The second-order valence-corrected chi connectivity index (χ2v) is 8.64. The van der Waals surface area contributed by atoms with Crippen molar-refractivity contribution in [2.75, 3.05) is 12.0 Å². The summed E-state index contributed by atoms with van der Waals surface area (Å²) >= 11 is 7.33. The minimum absolute atomic E-state index is 0.149. The highest BCUT2D eigenvalue weighted by Crippen LogP contribution is 2.60. The third kappa shape index (κ3) is 2.00. The van der Waals surface area contributed by atoms with Crippen LogP contribution in [-0.4, -0.2) is 34.5 Å². The second kappa shape index (κ2) is 5.66. The third-order valence-corrected chi connectivity index (χ3v) is 8.74. The highest BCUT2D eigenvalue weighted by atomic mass is 79.9. The molecule has 1 aromatic carbocycles. The van der Waals surface area contributed by atoms with Gasteiger partial charge in [-0.2, -0.15) is 0 Å². The number of carbonyl (C=O) groups is 3. The first kappa shape index (κ1) is 16.3. The van der Waals surface area contributed by atoms with E-state index in [9.17, 15) is 14.4 Å². The normalized spacial score (nSPS) is 37.0. The van der Waals surface area contributed by atoms with Gasteiger partial charge < -0.3 is 4.74 Å². The molecule has 126 valence electrons. The SMILES string of the molecule is COC(=O)c1ccccc1N1C(=O)[C@@H]2[C@@H]3C[C@@H]([C@H](Br)[C@@H]3Br)[C@@H]2C1=O. The number of nitrogens with zero attached hydrogens (tertiary/aromatic N) is 1. The number of alkyl halides is 2. The molecule has 0 unspecified atom stereocenters. The zero-order valence-corrected chi connectivity index (χ0v) is 16.0. The van der Waals surface area contributed by atoms with Crippen LogP contribution in [0.5, 0.6) is 0 Å². The van der Waals surface area contributed by atoms with Gasteiger partial charge in [0.2, 0.25) is 11.8 Å². The maximum Gasteiger partial charge on any atom is 0.339 e. The Bertz CT molecular complexity index is 720. The van der Waals surface area contributed by atoms with Gasteiger partial charge in [-0.05, 0) is 30.4 Å². The van der Waals surface area contributed by atoms with Crippen molar-refractivity contribution in [1.29, 1.82) is 0 Å². The van der Waals surface area contributed by atoms with E-state index in [4.69, 9.17) is 4.74 Å². The number of carbonyl (C=O) groups excluding carboxylic acids is 3. The third-order valence-electron chi connectivity index (χ3n) is 5.54. The minimum atomic E-state index is -0.553. The van der Waals surface area contributed by atoms with Crippen LogP contribution >= 0.6 is 31.9 Å². The van der Waals surface area contributed by atoms with Gasteiger partial charge >= 0.3 is 5.97 Å². The van der Waals surface area contributed by atoms with E-state index in [-0.39, 0.29) is 50.7 Å². The van der Waals surface area contributed by atoms with Gasteiger partial charge in [0.1, 0.15) is 0 Å². The lowest BCUT2D eigenvalue weighted by atomic mass is 9.81. The summed E-state index contributed by atoms with van der Waals surface area (Å²) in [7, 11) is 1.28. The number of anilines is 1. The molecule has 1 saturated heterocycles. The first-order valence-corrected chi connectivity index (χ1v) is 9.63. The molecule has 0 aromatic heterocycles. The molecule has 6 atom stereocenters. The van der Waals surface area contributed by atoms with Crippen LogP contribution in [-0.2, 0) is 14.3 Å².